The van der Waals surface area contributed by atoms with E-state index in [1.54, 1.807) is 12.1 Å². The maximum absolute atomic E-state index is 13.5. The highest BCUT2D eigenvalue weighted by atomic mass is 32.2. The number of rotatable bonds is 7. The summed E-state index contributed by atoms with van der Waals surface area (Å²) in [4.78, 5) is -1.04. The molecule has 3 rings (SSSR count). The first-order valence-electron chi connectivity index (χ1n) is 9.13. The Morgan fingerprint density at radius 1 is 0.765 bits per heavy atom. The molecule has 3 aromatic rings. The fourth-order valence-corrected chi connectivity index (χ4v) is 5.20. The minimum absolute atomic E-state index is 0.119. The van der Waals surface area contributed by atoms with Gasteiger partial charge >= 0.3 is 0 Å². The molecule has 9 nitrogen and oxygen atoms in total. The smallest absolute Gasteiger partial charge is 0.265 e. The molecule has 34 heavy (non-hydrogen) atoms. The molecule has 13 heteroatoms. The van der Waals surface area contributed by atoms with Crippen molar-refractivity contribution in [3.8, 4) is 17.9 Å². The number of ether oxygens (including phenoxy) is 1. The summed E-state index contributed by atoms with van der Waals surface area (Å²) in [6.45, 7) is 0. The van der Waals surface area contributed by atoms with Crippen molar-refractivity contribution in [1.29, 1.82) is 10.5 Å². The van der Waals surface area contributed by atoms with Crippen molar-refractivity contribution >= 4 is 31.4 Å². The number of anilines is 2. The fourth-order valence-electron chi connectivity index (χ4n) is 2.81. The summed E-state index contributed by atoms with van der Waals surface area (Å²) in [6.07, 6.45) is 0. The molecular weight excluding hydrogens is 490 g/mol. The molecule has 0 spiro atoms. The van der Waals surface area contributed by atoms with Crippen molar-refractivity contribution in [3.63, 3.8) is 0 Å². The molecule has 0 saturated heterocycles. The van der Waals surface area contributed by atoms with Crippen LogP contribution in [0.3, 0.4) is 0 Å². The van der Waals surface area contributed by atoms with Gasteiger partial charge in [-0.25, -0.2) is 25.6 Å². The lowest BCUT2D eigenvalue weighted by Crippen LogP contribution is -2.17. The molecule has 174 valence electrons. The number of hydrogen-bond donors (Lipinski definition) is 2. The Morgan fingerprint density at radius 2 is 1.26 bits per heavy atom. The number of hydrogen-bond acceptors (Lipinski definition) is 7. The van der Waals surface area contributed by atoms with Gasteiger partial charge in [-0.15, -0.1) is 0 Å². The lowest BCUT2D eigenvalue weighted by Gasteiger charge is -2.14. The van der Waals surface area contributed by atoms with Crippen LogP contribution in [0.25, 0.3) is 0 Å². The van der Waals surface area contributed by atoms with Crippen LogP contribution in [0.1, 0.15) is 11.1 Å². The van der Waals surface area contributed by atoms with Crippen LogP contribution in [0.4, 0.5) is 20.2 Å². The molecule has 0 fully saturated rings. The Morgan fingerprint density at radius 3 is 1.74 bits per heavy atom. The standard InChI is InChI=1S/C21H14F2N4O5S2/c1-32-20-7-4-17(33(28,29)26-15-2-5-18(22)13(8-15)11-24)10-21(20)34(30,31)27-16-3-6-19(23)14(9-16)12-25/h2-10,26-27H,1H3. The van der Waals surface area contributed by atoms with Gasteiger partial charge in [0.15, 0.2) is 0 Å². The minimum atomic E-state index is -4.46. The predicted molar refractivity (Wildman–Crippen MR) is 117 cm³/mol. The molecule has 0 aliphatic carbocycles. The van der Waals surface area contributed by atoms with Gasteiger partial charge in [0.1, 0.15) is 34.4 Å². The van der Waals surface area contributed by atoms with Gasteiger partial charge in [-0.3, -0.25) is 9.44 Å². The Labute approximate surface area is 193 Å². The number of halogens is 2. The van der Waals surface area contributed by atoms with E-state index in [4.69, 9.17) is 15.3 Å². The summed E-state index contributed by atoms with van der Waals surface area (Å²) in [5.74, 6) is -1.88. The summed E-state index contributed by atoms with van der Waals surface area (Å²) in [6, 6.07) is 12.1. The summed E-state index contributed by atoms with van der Waals surface area (Å²) in [7, 11) is -7.65. The van der Waals surface area contributed by atoms with E-state index < -0.39 is 52.6 Å². The molecule has 0 unspecified atom stereocenters. The molecule has 0 aromatic heterocycles. The van der Waals surface area contributed by atoms with Gasteiger partial charge in [0, 0.05) is 0 Å². The van der Waals surface area contributed by atoms with Crippen LogP contribution < -0.4 is 14.2 Å². The van der Waals surface area contributed by atoms with Gasteiger partial charge in [-0.05, 0) is 54.6 Å². The molecule has 0 atom stereocenters. The topological polar surface area (TPSA) is 149 Å². The average molecular weight is 504 g/mol. The van der Waals surface area contributed by atoms with Crippen molar-refractivity contribution in [2.75, 3.05) is 16.6 Å². The van der Waals surface area contributed by atoms with Crippen LogP contribution in [0.15, 0.2) is 64.4 Å². The second-order valence-electron chi connectivity index (χ2n) is 6.64. The maximum Gasteiger partial charge on any atom is 0.265 e. The van der Waals surface area contributed by atoms with E-state index in [1.165, 1.54) is 7.11 Å². The molecule has 0 aliphatic rings. The summed E-state index contributed by atoms with van der Waals surface area (Å²) in [5.41, 5.74) is -1.05. The van der Waals surface area contributed by atoms with Crippen LogP contribution in [-0.4, -0.2) is 23.9 Å². The molecule has 0 bridgehead atoms. The van der Waals surface area contributed by atoms with Gasteiger partial charge < -0.3 is 4.74 Å². The van der Waals surface area contributed by atoms with Crippen molar-refractivity contribution in [1.82, 2.24) is 0 Å². The van der Waals surface area contributed by atoms with E-state index in [0.29, 0.717) is 0 Å². The number of methoxy groups -OCH3 is 1. The second-order valence-corrected chi connectivity index (χ2v) is 9.97. The van der Waals surface area contributed by atoms with Gasteiger partial charge in [-0.1, -0.05) is 0 Å². The fraction of sp³-hybridized carbons (Fsp3) is 0.0476. The van der Waals surface area contributed by atoms with Crippen LogP contribution in [-0.2, 0) is 20.0 Å². The molecule has 3 aromatic carbocycles. The first-order chi connectivity index (χ1) is 16.0. The van der Waals surface area contributed by atoms with Gasteiger partial charge in [0.25, 0.3) is 20.0 Å². The summed E-state index contributed by atoms with van der Waals surface area (Å²) in [5, 5.41) is 17.9. The SMILES string of the molecule is COc1ccc(S(=O)(=O)Nc2ccc(F)c(C#N)c2)cc1S(=O)(=O)Nc1ccc(F)c(C#N)c1. The van der Waals surface area contributed by atoms with E-state index in [2.05, 4.69) is 9.44 Å². The summed E-state index contributed by atoms with van der Waals surface area (Å²) < 4.78 is 88.0. The first kappa shape index (κ1) is 24.4. The zero-order valence-corrected chi connectivity index (χ0v) is 18.8. The Bertz CT molecular complexity index is 1580. The Kier molecular flexibility index (Phi) is 6.72. The molecule has 0 radical (unpaired) electrons. The van der Waals surface area contributed by atoms with Gasteiger partial charge in [0.05, 0.1) is 34.5 Å². The minimum Gasteiger partial charge on any atom is -0.495 e. The number of benzene rings is 3. The largest absolute Gasteiger partial charge is 0.495 e. The second kappa shape index (κ2) is 9.35. The lowest BCUT2D eigenvalue weighted by molar-refractivity contribution is 0.402. The van der Waals surface area contributed by atoms with E-state index in [9.17, 15) is 25.6 Å². The van der Waals surface area contributed by atoms with Crippen LogP contribution in [0, 0.1) is 34.3 Å². The van der Waals surface area contributed by atoms with Crippen molar-refractivity contribution in [3.05, 3.63) is 77.4 Å². The third-order valence-electron chi connectivity index (χ3n) is 4.41. The van der Waals surface area contributed by atoms with Crippen LogP contribution in [0.5, 0.6) is 5.75 Å². The third kappa shape index (κ3) is 5.06. The van der Waals surface area contributed by atoms with E-state index >= 15 is 0 Å². The highest BCUT2D eigenvalue weighted by Crippen LogP contribution is 2.30. The highest BCUT2D eigenvalue weighted by Gasteiger charge is 2.25. The first-order valence-corrected chi connectivity index (χ1v) is 12.1. The van der Waals surface area contributed by atoms with Crippen molar-refractivity contribution in [2.24, 2.45) is 0 Å². The summed E-state index contributed by atoms with van der Waals surface area (Å²) >= 11 is 0. The number of nitriles is 2. The quantitative estimate of drug-likeness (QED) is 0.501. The zero-order valence-electron chi connectivity index (χ0n) is 17.2. The highest BCUT2D eigenvalue weighted by molar-refractivity contribution is 7.93. The monoisotopic (exact) mass is 504 g/mol. The predicted octanol–water partition coefficient (Wildman–Crippen LogP) is 3.32. The molecule has 2 N–H and O–H groups in total. The average Bonchev–Trinajstić information content (AvgIpc) is 2.80. The third-order valence-corrected chi connectivity index (χ3v) is 7.19. The Balaban J connectivity index is 2.01. The van der Waals surface area contributed by atoms with E-state index in [1.807, 2.05) is 0 Å². The van der Waals surface area contributed by atoms with Gasteiger partial charge in [-0.2, -0.15) is 10.5 Å². The Hall–Kier alpha value is -4.20. The van der Waals surface area contributed by atoms with Crippen molar-refractivity contribution in [2.45, 2.75) is 9.79 Å². The molecule has 0 saturated carbocycles. The van der Waals surface area contributed by atoms with Gasteiger partial charge in [0.2, 0.25) is 0 Å². The molecular formula is C21H14F2N4O5S2. The van der Waals surface area contributed by atoms with Crippen LogP contribution >= 0.6 is 0 Å². The van der Waals surface area contributed by atoms with Crippen molar-refractivity contribution < 1.29 is 30.4 Å². The number of sulfonamides is 2. The maximum atomic E-state index is 13.5. The normalized spacial score (nSPS) is 11.2. The molecule has 0 amide bonds. The zero-order chi connectivity index (χ0) is 25.1. The van der Waals surface area contributed by atoms with E-state index in [0.717, 1.165) is 54.6 Å². The molecule has 0 aliphatic heterocycles. The van der Waals surface area contributed by atoms with E-state index in [-0.39, 0.29) is 17.1 Å². The lowest BCUT2D eigenvalue weighted by atomic mass is 10.2. The van der Waals surface area contributed by atoms with Crippen LogP contribution in [0.2, 0.25) is 0 Å². The number of nitrogens with one attached hydrogen (secondary N) is 2. The molecule has 0 heterocycles. The number of nitrogens with zero attached hydrogens (tertiary/aromatic N) is 2.